The van der Waals surface area contributed by atoms with E-state index in [2.05, 4.69) is 490 Å². The number of hydrogen-bond acceptors (Lipinski definition) is 9. The minimum absolute atomic E-state index is 0.0245. The van der Waals surface area contributed by atoms with Crippen molar-refractivity contribution in [2.75, 3.05) is 14.7 Å². The van der Waals surface area contributed by atoms with E-state index >= 15 is 0 Å². The summed E-state index contributed by atoms with van der Waals surface area (Å²) >= 11 is 0. The van der Waals surface area contributed by atoms with Crippen LogP contribution in [0.15, 0.2) is 497 Å². The van der Waals surface area contributed by atoms with Crippen LogP contribution in [-0.2, 0) is 0 Å². The van der Waals surface area contributed by atoms with Gasteiger partial charge in [-0.15, -0.1) is 0 Å². The third kappa shape index (κ3) is 15.8. The number of hydrogen-bond donors (Lipinski definition) is 0. The minimum Gasteiger partial charge on any atom is -0.458 e. The van der Waals surface area contributed by atoms with E-state index in [0.29, 0.717) is 0 Å². The van der Waals surface area contributed by atoms with Crippen LogP contribution < -0.4 is 92.3 Å². The van der Waals surface area contributed by atoms with Gasteiger partial charge in [-0.2, -0.15) is 0 Å². The highest BCUT2D eigenvalue weighted by atomic mass is 16.5. The summed E-state index contributed by atoms with van der Waals surface area (Å²) < 4.78 is 41.0. The third-order valence-electron chi connectivity index (χ3n) is 27.5. The van der Waals surface area contributed by atoms with Crippen molar-refractivity contribution < 1.29 is 28.4 Å². The molecule has 27 rings (SSSR count). The molecule has 0 unspecified atom stereocenters. The standard InChI is InChI=1S/C48H33BN2O2.C42H28BNO2.C38H27BO2/c1-6-16-34(17-7-1)35-30-46-48-47(31-35)53-45-33-41(51(38-22-12-4-13-23-38)39-24-14-5-15-25-39)27-29-43(45)49(48)42-28-26-40(32-44(42)52-46)50(36-18-8-2-9-19-36)37-20-10-3-11-21-37;1-5-13-29(14-6-1)31-21-23-36-38(25-31)45-40-27-35(44(33-17-9-3-10-18-33)34-19-11-4-12-20-34)28-41-42(40)43(36)37-24-22-32(26-39(37)46-41)30-15-7-2-8-16-30;1-24-8-12-27(13-9-24)29-16-18-32-34(20-29)40-36-22-31(26-6-4-3-5-7-26)23-37-38(36)39(32)33-19-17-30(21-35(33)41-37)28-14-10-25(2)11-15-28/h1-33H;1-28H;3-23H,1-2H3. The number of fused-ring (bicyclic) bond motifs is 12. The van der Waals surface area contributed by atoms with Gasteiger partial charge in [0.15, 0.2) is 0 Å². The molecule has 9 nitrogen and oxygen atoms in total. The Bertz CT molecular complexity index is 7740. The van der Waals surface area contributed by atoms with Crippen LogP contribution in [0.1, 0.15) is 11.1 Å². The molecule has 6 aliphatic rings. The van der Waals surface area contributed by atoms with E-state index < -0.39 is 0 Å². The lowest BCUT2D eigenvalue weighted by atomic mass is 9.34. The van der Waals surface area contributed by atoms with Gasteiger partial charge in [-0.3, -0.25) is 0 Å². The highest BCUT2D eigenvalue weighted by Crippen LogP contribution is 2.49. The number of para-hydroxylation sites is 6. The summed E-state index contributed by atoms with van der Waals surface area (Å²) in [6.07, 6.45) is 0. The minimum atomic E-state index is -0.0794. The van der Waals surface area contributed by atoms with Crippen molar-refractivity contribution >= 4 is 120 Å². The highest BCUT2D eigenvalue weighted by molar-refractivity contribution is 6.99. The molecule has 21 aromatic carbocycles. The number of rotatable bonds is 15. The number of ether oxygens (including phenoxy) is 6. The first-order valence-electron chi connectivity index (χ1n) is 47.7. The van der Waals surface area contributed by atoms with E-state index in [0.717, 1.165) is 225 Å². The number of anilines is 9. The predicted octanol–water partition coefficient (Wildman–Crippen LogP) is 28.3. The molecule has 0 aliphatic carbocycles. The van der Waals surface area contributed by atoms with E-state index in [-0.39, 0.29) is 20.1 Å². The largest absolute Gasteiger partial charge is 0.458 e. The van der Waals surface area contributed by atoms with Crippen molar-refractivity contribution in [2.45, 2.75) is 13.8 Å². The van der Waals surface area contributed by atoms with Crippen molar-refractivity contribution in [3.63, 3.8) is 0 Å². The fraction of sp³-hybridized carbons (Fsp3) is 0.0156. The molecule has 0 radical (unpaired) electrons. The molecule has 0 saturated heterocycles. The highest BCUT2D eigenvalue weighted by Gasteiger charge is 2.45. The Labute approximate surface area is 816 Å². The van der Waals surface area contributed by atoms with E-state index in [1.165, 1.54) is 22.3 Å². The van der Waals surface area contributed by atoms with Gasteiger partial charge >= 0.3 is 0 Å². The van der Waals surface area contributed by atoms with E-state index in [1.807, 2.05) is 36.4 Å². The second-order valence-electron chi connectivity index (χ2n) is 36.2. The van der Waals surface area contributed by atoms with Gasteiger partial charge in [0.2, 0.25) is 0 Å². The Hall–Kier alpha value is -18.0. The van der Waals surface area contributed by atoms with Crippen molar-refractivity contribution in [1.82, 2.24) is 0 Å². The average Bonchev–Trinajstić information content (AvgIpc) is 0.724. The van der Waals surface area contributed by atoms with E-state index in [4.69, 9.17) is 28.4 Å². The molecule has 140 heavy (non-hydrogen) atoms. The second-order valence-corrected chi connectivity index (χ2v) is 36.2. The number of nitrogens with zero attached hydrogens (tertiary/aromatic N) is 3. The van der Waals surface area contributed by atoms with E-state index in [9.17, 15) is 0 Å². The lowest BCUT2D eigenvalue weighted by molar-refractivity contribution is 0.464. The van der Waals surface area contributed by atoms with Crippen LogP contribution in [0.5, 0.6) is 69.0 Å². The van der Waals surface area contributed by atoms with Crippen LogP contribution in [0.3, 0.4) is 0 Å². The van der Waals surface area contributed by atoms with Crippen LogP contribution in [-0.4, -0.2) is 20.1 Å². The Morgan fingerprint density at radius 1 is 0.136 bits per heavy atom. The van der Waals surface area contributed by atoms with Gasteiger partial charge in [0.1, 0.15) is 69.0 Å². The summed E-state index contributed by atoms with van der Waals surface area (Å²) in [5.41, 5.74) is 35.6. The Balaban J connectivity index is 0.000000112. The Morgan fingerprint density at radius 2 is 0.307 bits per heavy atom. The Kier molecular flexibility index (Phi) is 21.6. The van der Waals surface area contributed by atoms with E-state index in [1.54, 1.807) is 0 Å². The summed E-state index contributed by atoms with van der Waals surface area (Å²) in [5.74, 6) is 10.1. The topological polar surface area (TPSA) is 65.1 Å². The number of benzene rings is 21. The first kappa shape index (κ1) is 83.8. The first-order chi connectivity index (χ1) is 69.2. The SMILES string of the molecule is Cc1ccc(-c2ccc3c(c2)Oc2cc(-c4ccccc4)cc4c2B3c2ccc(-c3ccc(C)cc3)cc2O4)cc1.c1ccc(-c2cc3c4c(c2)Oc2cc(N(c5ccccc5)c5ccccc5)ccc2B4c2ccc(N(c4ccccc4)c4ccccc4)cc2O3)cc1.c1ccc(-c2ccc3c(c2)Oc2cc(N(c4ccccc4)c4ccccc4)cc4c2B3c2ccc(-c3ccccc3)cc2O4)cc1. The van der Waals surface area contributed by atoms with Crippen LogP contribution in [0, 0.1) is 13.8 Å². The molecule has 0 spiro atoms. The second kappa shape index (κ2) is 36.0. The maximum absolute atomic E-state index is 6.93. The molecule has 0 atom stereocenters. The van der Waals surface area contributed by atoms with Gasteiger partial charge in [0.05, 0.1) is 5.69 Å². The predicted molar refractivity (Wildman–Crippen MR) is 579 cm³/mol. The van der Waals surface area contributed by atoms with Crippen molar-refractivity contribution in [2.24, 2.45) is 0 Å². The fourth-order valence-electron chi connectivity index (χ4n) is 20.7. The average molecular weight is 1800 g/mol. The molecule has 0 saturated carbocycles. The fourth-order valence-corrected chi connectivity index (χ4v) is 20.7. The van der Waals surface area contributed by atoms with Gasteiger partial charge in [-0.05, 0) is 247 Å². The maximum atomic E-state index is 6.93. The smallest absolute Gasteiger partial charge is 0.260 e. The molecule has 12 heteroatoms. The lowest BCUT2D eigenvalue weighted by Gasteiger charge is -2.35. The molecular formula is C128H88B3N3O6. The van der Waals surface area contributed by atoms with Crippen LogP contribution >= 0.6 is 0 Å². The normalized spacial score (nSPS) is 12.2. The zero-order chi connectivity index (χ0) is 93.1. The zero-order valence-electron chi connectivity index (χ0n) is 76.9. The van der Waals surface area contributed by atoms with Crippen LogP contribution in [0.25, 0.3) is 66.8 Å². The number of aryl methyl sites for hydroxylation is 2. The summed E-state index contributed by atoms with van der Waals surface area (Å²) in [4.78, 5) is 6.80. The van der Waals surface area contributed by atoms with Crippen LogP contribution in [0.2, 0.25) is 0 Å². The van der Waals surface area contributed by atoms with Crippen molar-refractivity contribution in [3.8, 4) is 136 Å². The molecule has 0 amide bonds. The Morgan fingerprint density at radius 3 is 0.550 bits per heavy atom. The summed E-state index contributed by atoms with van der Waals surface area (Å²) in [6, 6.07) is 175. The molecule has 0 bridgehead atoms. The van der Waals surface area contributed by atoms with Gasteiger partial charge in [-0.25, -0.2) is 0 Å². The molecule has 660 valence electrons. The summed E-state index contributed by atoms with van der Waals surface area (Å²) in [7, 11) is 0. The van der Waals surface area contributed by atoms with Gasteiger partial charge in [-0.1, -0.05) is 351 Å². The third-order valence-corrected chi connectivity index (χ3v) is 27.5. The summed E-state index contributed by atoms with van der Waals surface area (Å²) in [6.45, 7) is 4.15. The molecule has 6 aliphatic heterocycles. The quantitative estimate of drug-likeness (QED) is 0.0934. The zero-order valence-corrected chi connectivity index (χ0v) is 76.9. The molecule has 0 N–H and O–H groups in total. The van der Waals surface area contributed by atoms with Gasteiger partial charge in [0, 0.05) is 86.2 Å². The monoisotopic (exact) mass is 1800 g/mol. The maximum Gasteiger partial charge on any atom is 0.260 e. The molecule has 0 aromatic heterocycles. The van der Waals surface area contributed by atoms with Crippen molar-refractivity contribution in [1.29, 1.82) is 0 Å². The van der Waals surface area contributed by atoms with Gasteiger partial charge < -0.3 is 43.1 Å². The van der Waals surface area contributed by atoms with Crippen molar-refractivity contribution in [3.05, 3.63) is 509 Å². The molecule has 6 heterocycles. The molecule has 21 aromatic rings. The summed E-state index contributed by atoms with van der Waals surface area (Å²) in [5, 5.41) is 0. The van der Waals surface area contributed by atoms with Crippen LogP contribution in [0.4, 0.5) is 51.2 Å². The lowest BCUT2D eigenvalue weighted by Crippen LogP contribution is -2.57. The first-order valence-corrected chi connectivity index (χ1v) is 47.7. The molecular weight excluding hydrogens is 1710 g/mol. The molecule has 0 fully saturated rings. The van der Waals surface area contributed by atoms with Gasteiger partial charge in [0.25, 0.3) is 20.1 Å².